The molecule has 5 heteroatoms. The van der Waals surface area contributed by atoms with E-state index in [-0.39, 0.29) is 5.56 Å². The zero-order chi connectivity index (χ0) is 11.8. The van der Waals surface area contributed by atoms with Crippen LogP contribution in [0.3, 0.4) is 0 Å². The Kier molecular flexibility index (Phi) is 2.61. The van der Waals surface area contributed by atoms with Gasteiger partial charge in [0.25, 0.3) is 5.56 Å². The lowest BCUT2D eigenvalue weighted by molar-refractivity contribution is 0.740. The first-order valence-corrected chi connectivity index (χ1v) is 6.45. The van der Waals surface area contributed by atoms with E-state index in [0.29, 0.717) is 22.6 Å². The number of benzene rings is 1. The molecule has 0 spiro atoms. The molecule has 0 amide bonds. The minimum atomic E-state index is 0.0335. The van der Waals surface area contributed by atoms with Crippen molar-refractivity contribution in [2.45, 2.75) is 6.54 Å². The van der Waals surface area contributed by atoms with E-state index >= 15 is 0 Å². The summed E-state index contributed by atoms with van der Waals surface area (Å²) in [5.74, 6) is 0. The lowest BCUT2D eigenvalue weighted by Crippen LogP contribution is -2.29. The molecule has 0 saturated heterocycles. The molecule has 1 aromatic heterocycles. The first-order chi connectivity index (χ1) is 8.25. The van der Waals surface area contributed by atoms with Crippen LogP contribution in [0.25, 0.3) is 6.08 Å². The van der Waals surface area contributed by atoms with Crippen molar-refractivity contribution in [1.82, 2.24) is 4.57 Å². The fourth-order valence-electron chi connectivity index (χ4n) is 1.80. The maximum Gasteiger partial charge on any atom is 0.270 e. The Labute approximate surface area is 106 Å². The molecule has 1 aliphatic rings. The summed E-state index contributed by atoms with van der Waals surface area (Å²) in [6.07, 6.45) is 1.83. The van der Waals surface area contributed by atoms with Gasteiger partial charge < -0.3 is 0 Å². The monoisotopic (exact) mass is 264 g/mol. The zero-order valence-electron chi connectivity index (χ0n) is 8.89. The minimum Gasteiger partial charge on any atom is -0.282 e. The number of nitrogens with zero attached hydrogens (tertiary/aromatic N) is 2. The number of hydrogen-bond acceptors (Lipinski definition) is 3. The van der Waals surface area contributed by atoms with Gasteiger partial charge in [0.2, 0.25) is 0 Å². The Balaban J connectivity index is 2.24. The van der Waals surface area contributed by atoms with Crippen LogP contribution >= 0.6 is 22.9 Å². The van der Waals surface area contributed by atoms with E-state index in [0.717, 1.165) is 10.4 Å². The number of fused-ring (bicyclic) bond motifs is 1. The topological polar surface area (TPSA) is 34.4 Å². The lowest BCUT2D eigenvalue weighted by Gasteiger charge is -1.94. The minimum absolute atomic E-state index is 0.0335. The molecule has 3 nitrogen and oxygen atoms in total. The molecule has 0 fully saturated rings. The predicted molar refractivity (Wildman–Crippen MR) is 69.2 cm³/mol. The van der Waals surface area contributed by atoms with E-state index in [2.05, 4.69) is 4.99 Å². The maximum atomic E-state index is 12.0. The van der Waals surface area contributed by atoms with Gasteiger partial charge in [-0.15, -0.1) is 0 Å². The summed E-state index contributed by atoms with van der Waals surface area (Å²) in [6.45, 7) is 1.41. The Morgan fingerprint density at radius 3 is 3.00 bits per heavy atom. The number of rotatable bonds is 1. The van der Waals surface area contributed by atoms with Crippen molar-refractivity contribution in [2.75, 3.05) is 6.54 Å². The van der Waals surface area contributed by atoms with Crippen molar-refractivity contribution >= 4 is 29.0 Å². The molecule has 0 saturated carbocycles. The first-order valence-electron chi connectivity index (χ1n) is 5.26. The highest BCUT2D eigenvalue weighted by Gasteiger charge is 2.09. The van der Waals surface area contributed by atoms with Crippen LogP contribution < -0.4 is 14.9 Å². The van der Waals surface area contributed by atoms with Crippen molar-refractivity contribution in [3.63, 3.8) is 0 Å². The summed E-state index contributed by atoms with van der Waals surface area (Å²) in [5.41, 5.74) is 0.901. The van der Waals surface area contributed by atoms with Crippen LogP contribution in [-0.4, -0.2) is 11.1 Å². The SMILES string of the molecule is O=c1/c(=C/c2ccccc2Cl)sc2n1CCN=2. The van der Waals surface area contributed by atoms with Gasteiger partial charge in [-0.25, -0.2) is 0 Å². The summed E-state index contributed by atoms with van der Waals surface area (Å²) in [4.78, 5) is 17.1. The van der Waals surface area contributed by atoms with Gasteiger partial charge in [0.1, 0.15) is 0 Å². The third-order valence-corrected chi connectivity index (χ3v) is 4.04. The highest BCUT2D eigenvalue weighted by molar-refractivity contribution is 7.07. The summed E-state index contributed by atoms with van der Waals surface area (Å²) in [5, 5.41) is 0.655. The van der Waals surface area contributed by atoms with E-state index in [1.165, 1.54) is 11.3 Å². The van der Waals surface area contributed by atoms with Crippen LogP contribution in [0.4, 0.5) is 0 Å². The van der Waals surface area contributed by atoms with Gasteiger partial charge in [0, 0.05) is 11.6 Å². The average molecular weight is 265 g/mol. The fraction of sp³-hybridized carbons (Fsp3) is 0.167. The molecular formula is C12H9ClN2OS. The molecule has 3 rings (SSSR count). The Bertz CT molecular complexity index is 745. The average Bonchev–Trinajstić information content (AvgIpc) is 2.87. The normalized spacial score (nSPS) is 14.8. The van der Waals surface area contributed by atoms with Gasteiger partial charge in [0.05, 0.1) is 11.1 Å². The van der Waals surface area contributed by atoms with Crippen molar-refractivity contribution in [1.29, 1.82) is 0 Å². The Morgan fingerprint density at radius 2 is 2.24 bits per heavy atom. The number of halogens is 1. The number of thiazole rings is 1. The second-order valence-corrected chi connectivity index (χ2v) is 5.17. The molecule has 0 atom stereocenters. The molecule has 2 aromatic rings. The molecule has 1 aliphatic heterocycles. The van der Waals surface area contributed by atoms with E-state index in [1.54, 1.807) is 4.57 Å². The molecule has 17 heavy (non-hydrogen) atoms. The van der Waals surface area contributed by atoms with Crippen molar-refractivity contribution in [2.24, 2.45) is 4.99 Å². The van der Waals surface area contributed by atoms with Gasteiger partial charge in [-0.05, 0) is 17.7 Å². The van der Waals surface area contributed by atoms with Crippen LogP contribution in [0.2, 0.25) is 5.02 Å². The molecule has 0 unspecified atom stereocenters. The van der Waals surface area contributed by atoms with E-state index < -0.39 is 0 Å². The van der Waals surface area contributed by atoms with Gasteiger partial charge in [-0.3, -0.25) is 14.4 Å². The molecule has 1 aromatic carbocycles. The molecule has 0 radical (unpaired) electrons. The Morgan fingerprint density at radius 1 is 1.41 bits per heavy atom. The largest absolute Gasteiger partial charge is 0.282 e. The molecule has 2 heterocycles. The van der Waals surface area contributed by atoms with Crippen molar-refractivity contribution < 1.29 is 0 Å². The number of hydrogen-bond donors (Lipinski definition) is 0. The van der Waals surface area contributed by atoms with Crippen LogP contribution in [0.5, 0.6) is 0 Å². The van der Waals surface area contributed by atoms with Gasteiger partial charge >= 0.3 is 0 Å². The van der Waals surface area contributed by atoms with E-state index in [1.807, 2.05) is 30.3 Å². The second-order valence-electron chi connectivity index (χ2n) is 3.75. The summed E-state index contributed by atoms with van der Waals surface area (Å²) >= 11 is 7.48. The molecular weight excluding hydrogens is 256 g/mol. The Hall–Kier alpha value is -1.39. The van der Waals surface area contributed by atoms with Crippen LogP contribution in [0.15, 0.2) is 34.1 Å². The number of aromatic nitrogens is 1. The third-order valence-electron chi connectivity index (χ3n) is 2.65. The van der Waals surface area contributed by atoms with Crippen LogP contribution in [-0.2, 0) is 6.54 Å². The quantitative estimate of drug-likeness (QED) is 0.757. The molecule has 86 valence electrons. The molecule has 0 aliphatic carbocycles. The zero-order valence-corrected chi connectivity index (χ0v) is 10.5. The predicted octanol–water partition coefficient (Wildman–Crippen LogP) is 1.03. The molecule has 0 bridgehead atoms. The third kappa shape index (κ3) is 1.83. The van der Waals surface area contributed by atoms with Crippen molar-refractivity contribution in [3.05, 3.63) is 54.5 Å². The lowest BCUT2D eigenvalue weighted by atomic mass is 10.2. The highest BCUT2D eigenvalue weighted by atomic mass is 35.5. The summed E-state index contributed by atoms with van der Waals surface area (Å²) < 4.78 is 2.41. The molecule has 0 N–H and O–H groups in total. The van der Waals surface area contributed by atoms with Gasteiger partial charge in [-0.2, -0.15) is 0 Å². The fourth-order valence-corrected chi connectivity index (χ4v) is 3.01. The van der Waals surface area contributed by atoms with Crippen LogP contribution in [0, 0.1) is 0 Å². The van der Waals surface area contributed by atoms with Crippen molar-refractivity contribution in [3.8, 4) is 0 Å². The smallest absolute Gasteiger partial charge is 0.270 e. The second kappa shape index (κ2) is 4.13. The van der Waals surface area contributed by atoms with Gasteiger partial charge in [-0.1, -0.05) is 41.1 Å². The first kappa shape index (κ1) is 10.7. The maximum absolute atomic E-state index is 12.0. The van der Waals surface area contributed by atoms with E-state index in [4.69, 9.17) is 11.6 Å². The van der Waals surface area contributed by atoms with E-state index in [9.17, 15) is 4.79 Å². The highest BCUT2D eigenvalue weighted by Crippen LogP contribution is 2.14. The standard InChI is InChI=1S/C12H9ClN2OS/c13-9-4-2-1-3-8(9)7-10-11(16)15-6-5-14-12(15)17-10/h1-4,7H,5-6H2/b10-7-. The van der Waals surface area contributed by atoms with Gasteiger partial charge in [0.15, 0.2) is 4.80 Å². The summed E-state index contributed by atoms with van der Waals surface area (Å²) in [7, 11) is 0. The summed E-state index contributed by atoms with van der Waals surface area (Å²) in [6, 6.07) is 7.49. The van der Waals surface area contributed by atoms with Crippen LogP contribution in [0.1, 0.15) is 5.56 Å².